The summed E-state index contributed by atoms with van der Waals surface area (Å²) < 4.78 is 37.6. The molecule has 3 N–H and O–H groups in total. The predicted octanol–water partition coefficient (Wildman–Crippen LogP) is 4.13. The van der Waals surface area contributed by atoms with Crippen molar-refractivity contribution in [1.82, 2.24) is 4.98 Å². The number of rotatable bonds is 3. The Hall–Kier alpha value is -1.86. The summed E-state index contributed by atoms with van der Waals surface area (Å²) >= 11 is 10.6. The zero-order valence-electron chi connectivity index (χ0n) is 10.4. The molecule has 2 aromatic rings. The lowest BCUT2D eigenvalue weighted by atomic mass is 10.2. The van der Waals surface area contributed by atoms with E-state index in [4.69, 9.17) is 29.6 Å². The van der Waals surface area contributed by atoms with Crippen molar-refractivity contribution in [2.24, 2.45) is 5.73 Å². The van der Waals surface area contributed by atoms with Crippen LogP contribution in [0.2, 0.25) is 5.02 Å². The Balaban J connectivity index is 2.22. The van der Waals surface area contributed by atoms with Gasteiger partial charge in [-0.15, -0.1) is 0 Å². The second-order valence-corrected chi connectivity index (χ2v) is 4.96. The van der Waals surface area contributed by atoms with E-state index in [0.717, 1.165) is 12.1 Å². The molecule has 8 heteroatoms. The molecule has 2 rings (SSSR count). The lowest BCUT2D eigenvalue weighted by Crippen LogP contribution is -2.09. The van der Waals surface area contributed by atoms with Crippen LogP contribution in [-0.2, 0) is 6.18 Å². The highest BCUT2D eigenvalue weighted by Crippen LogP contribution is 2.34. The number of hydrogen-bond acceptors (Lipinski definition) is 3. The number of nitrogens with two attached hydrogens (primary N) is 1. The maximum absolute atomic E-state index is 12.5. The van der Waals surface area contributed by atoms with E-state index in [9.17, 15) is 13.2 Å². The molecule has 0 aliphatic carbocycles. The molecular formula is C13H9ClF3N3S. The van der Waals surface area contributed by atoms with Gasteiger partial charge in [-0.1, -0.05) is 23.8 Å². The van der Waals surface area contributed by atoms with Crippen LogP contribution in [-0.4, -0.2) is 9.97 Å². The highest BCUT2D eigenvalue weighted by atomic mass is 35.5. The van der Waals surface area contributed by atoms with Gasteiger partial charge < -0.3 is 11.1 Å². The number of anilines is 2. The smallest absolute Gasteiger partial charge is 0.389 e. The Morgan fingerprint density at radius 2 is 1.95 bits per heavy atom. The maximum atomic E-state index is 12.5. The number of hydrogen-bond donors (Lipinski definition) is 2. The van der Waals surface area contributed by atoms with E-state index in [1.807, 2.05) is 0 Å². The van der Waals surface area contributed by atoms with Crippen LogP contribution < -0.4 is 11.1 Å². The summed E-state index contributed by atoms with van der Waals surface area (Å²) in [7, 11) is 0. The van der Waals surface area contributed by atoms with Crippen molar-refractivity contribution in [2.75, 3.05) is 5.32 Å². The van der Waals surface area contributed by atoms with E-state index in [1.54, 1.807) is 12.1 Å². The monoisotopic (exact) mass is 331 g/mol. The summed E-state index contributed by atoms with van der Waals surface area (Å²) in [5.74, 6) is 0.414. The summed E-state index contributed by atoms with van der Waals surface area (Å²) in [4.78, 5) is 4.26. The number of thiocarbonyl (C=S) groups is 1. The van der Waals surface area contributed by atoms with Crippen molar-refractivity contribution in [3.05, 3.63) is 52.7 Å². The second kappa shape index (κ2) is 5.87. The zero-order valence-corrected chi connectivity index (χ0v) is 12.0. The van der Waals surface area contributed by atoms with Gasteiger partial charge in [0.25, 0.3) is 0 Å². The van der Waals surface area contributed by atoms with Gasteiger partial charge in [0.1, 0.15) is 10.8 Å². The zero-order chi connectivity index (χ0) is 15.6. The highest BCUT2D eigenvalue weighted by Gasteiger charge is 2.30. The molecule has 0 radical (unpaired) electrons. The maximum Gasteiger partial charge on any atom is 0.416 e. The highest BCUT2D eigenvalue weighted by molar-refractivity contribution is 7.80. The number of alkyl halides is 3. The second-order valence-electron chi connectivity index (χ2n) is 4.11. The quantitative estimate of drug-likeness (QED) is 0.830. The van der Waals surface area contributed by atoms with Gasteiger partial charge in [0, 0.05) is 11.8 Å². The first-order valence-corrected chi connectivity index (χ1v) is 6.45. The molecule has 3 nitrogen and oxygen atoms in total. The van der Waals surface area contributed by atoms with Gasteiger partial charge in [0.2, 0.25) is 0 Å². The van der Waals surface area contributed by atoms with Gasteiger partial charge in [-0.3, -0.25) is 0 Å². The standard InChI is InChI=1S/C13H9ClF3N3S/c14-9-5-8(13(15,16)17)2-3-10(9)20-11-4-1-7(6-19-11)12(18)21/h1-6H,(H2,18,21)(H,19,20). The van der Waals surface area contributed by atoms with E-state index >= 15 is 0 Å². The van der Waals surface area contributed by atoms with Crippen molar-refractivity contribution in [3.8, 4) is 0 Å². The van der Waals surface area contributed by atoms with Crippen LogP contribution in [0.4, 0.5) is 24.7 Å². The van der Waals surface area contributed by atoms with Gasteiger partial charge in [0.15, 0.2) is 0 Å². The topological polar surface area (TPSA) is 50.9 Å². The molecule has 1 aromatic heterocycles. The van der Waals surface area contributed by atoms with E-state index in [1.165, 1.54) is 12.3 Å². The predicted molar refractivity (Wildman–Crippen MR) is 79.9 cm³/mol. The van der Waals surface area contributed by atoms with Crippen LogP contribution in [0.15, 0.2) is 36.5 Å². The lowest BCUT2D eigenvalue weighted by Gasteiger charge is -2.11. The van der Waals surface area contributed by atoms with Crippen LogP contribution >= 0.6 is 23.8 Å². The molecule has 0 atom stereocenters. The minimum atomic E-state index is -4.43. The fourth-order valence-corrected chi connectivity index (χ4v) is 1.89. The summed E-state index contributed by atoms with van der Waals surface area (Å²) in [6, 6.07) is 6.29. The molecule has 1 aromatic carbocycles. The summed E-state index contributed by atoms with van der Waals surface area (Å²) in [5.41, 5.74) is 5.54. The molecule has 1 heterocycles. The van der Waals surface area contributed by atoms with Crippen molar-refractivity contribution < 1.29 is 13.2 Å². The Morgan fingerprint density at radius 3 is 2.43 bits per heavy atom. The lowest BCUT2D eigenvalue weighted by molar-refractivity contribution is -0.137. The minimum absolute atomic E-state index is 0.0509. The van der Waals surface area contributed by atoms with E-state index in [2.05, 4.69) is 10.3 Å². The molecule has 0 saturated heterocycles. The Kier molecular flexibility index (Phi) is 4.34. The van der Waals surface area contributed by atoms with E-state index in [-0.39, 0.29) is 10.0 Å². The number of nitrogens with zero attached hydrogens (tertiary/aromatic N) is 1. The Labute approximate surface area is 128 Å². The van der Waals surface area contributed by atoms with Crippen molar-refractivity contribution >= 4 is 40.3 Å². The molecule has 0 aliphatic heterocycles. The number of aromatic nitrogens is 1. The average Bonchev–Trinajstić information content (AvgIpc) is 2.40. The Bertz CT molecular complexity index is 671. The van der Waals surface area contributed by atoms with Crippen LogP contribution in [0.3, 0.4) is 0 Å². The van der Waals surface area contributed by atoms with Crippen molar-refractivity contribution in [1.29, 1.82) is 0 Å². The number of pyridine rings is 1. The molecule has 21 heavy (non-hydrogen) atoms. The normalized spacial score (nSPS) is 11.2. The summed E-state index contributed by atoms with van der Waals surface area (Å²) in [6.45, 7) is 0. The third-order valence-electron chi connectivity index (χ3n) is 2.61. The number of benzene rings is 1. The van der Waals surface area contributed by atoms with Crippen molar-refractivity contribution in [2.45, 2.75) is 6.18 Å². The molecule has 0 fully saturated rings. The fourth-order valence-electron chi connectivity index (χ4n) is 1.54. The van der Waals surface area contributed by atoms with E-state index in [0.29, 0.717) is 17.1 Å². The van der Waals surface area contributed by atoms with Gasteiger partial charge in [-0.2, -0.15) is 13.2 Å². The molecule has 0 spiro atoms. The average molecular weight is 332 g/mol. The fraction of sp³-hybridized carbons (Fsp3) is 0.0769. The number of nitrogens with one attached hydrogen (secondary N) is 1. The number of halogens is 4. The van der Waals surface area contributed by atoms with Crippen LogP contribution in [0.5, 0.6) is 0 Å². The first-order chi connectivity index (χ1) is 9.77. The first-order valence-electron chi connectivity index (χ1n) is 5.67. The molecular weight excluding hydrogens is 323 g/mol. The van der Waals surface area contributed by atoms with Crippen molar-refractivity contribution in [3.63, 3.8) is 0 Å². The summed E-state index contributed by atoms with van der Waals surface area (Å²) in [5, 5.41) is 2.77. The van der Waals surface area contributed by atoms with Gasteiger partial charge in [-0.25, -0.2) is 4.98 Å². The van der Waals surface area contributed by atoms with Gasteiger partial charge >= 0.3 is 6.18 Å². The van der Waals surface area contributed by atoms with Gasteiger partial charge in [-0.05, 0) is 30.3 Å². The van der Waals surface area contributed by atoms with Crippen LogP contribution in [0.25, 0.3) is 0 Å². The minimum Gasteiger partial charge on any atom is -0.389 e. The van der Waals surface area contributed by atoms with Crippen LogP contribution in [0, 0.1) is 0 Å². The molecule has 0 aliphatic rings. The third kappa shape index (κ3) is 3.83. The molecule has 0 unspecified atom stereocenters. The molecule has 0 saturated carbocycles. The van der Waals surface area contributed by atoms with E-state index < -0.39 is 11.7 Å². The molecule has 0 bridgehead atoms. The third-order valence-corrected chi connectivity index (χ3v) is 3.16. The molecule has 110 valence electrons. The largest absolute Gasteiger partial charge is 0.416 e. The van der Waals surface area contributed by atoms with Gasteiger partial charge in [0.05, 0.1) is 16.3 Å². The summed E-state index contributed by atoms with van der Waals surface area (Å²) in [6.07, 6.45) is -2.97. The SMILES string of the molecule is NC(=S)c1ccc(Nc2ccc(C(F)(F)F)cc2Cl)nc1. The first kappa shape index (κ1) is 15.5. The molecule has 0 amide bonds. The Morgan fingerprint density at radius 1 is 1.24 bits per heavy atom. The van der Waals surface area contributed by atoms with Crippen LogP contribution in [0.1, 0.15) is 11.1 Å².